The molecule has 0 bridgehead atoms. The van der Waals surface area contributed by atoms with Gasteiger partial charge in [0.25, 0.3) is 0 Å². The van der Waals surface area contributed by atoms with Crippen LogP contribution in [-0.2, 0) is 14.3 Å². The number of fused-ring (bicyclic) bond motifs is 1. The van der Waals surface area contributed by atoms with Gasteiger partial charge in [0.05, 0.1) is 5.92 Å². The summed E-state index contributed by atoms with van der Waals surface area (Å²) in [5, 5.41) is 11.7. The third kappa shape index (κ3) is 2.79. The van der Waals surface area contributed by atoms with Crippen molar-refractivity contribution >= 4 is 22.5 Å². The molecule has 2 aliphatic rings. The van der Waals surface area contributed by atoms with Crippen LogP contribution in [0.5, 0.6) is 0 Å². The number of nitrogens with two attached hydrogens (primary N) is 1. The lowest BCUT2D eigenvalue weighted by Crippen LogP contribution is -2.35. The van der Waals surface area contributed by atoms with E-state index in [4.69, 9.17) is 10.5 Å². The van der Waals surface area contributed by atoms with Crippen molar-refractivity contribution in [3.63, 3.8) is 0 Å². The number of carboxylic acid groups (broad SMARTS) is 1. The average Bonchev–Trinajstić information content (AvgIpc) is 2.58. The first-order valence-corrected chi connectivity index (χ1v) is 8.93. The minimum absolute atomic E-state index is 0.0711. The number of rotatable bonds is 2. The number of aliphatic carboxylic acids is 1. The molecule has 1 aliphatic carbocycles. The van der Waals surface area contributed by atoms with Gasteiger partial charge in [-0.05, 0) is 21.8 Å². The Morgan fingerprint density at radius 3 is 2.59 bits per heavy atom. The Morgan fingerprint density at radius 2 is 1.85 bits per heavy atom. The van der Waals surface area contributed by atoms with Crippen LogP contribution in [0, 0.1) is 5.41 Å². The van der Waals surface area contributed by atoms with Crippen LogP contribution in [0.2, 0.25) is 0 Å². The summed E-state index contributed by atoms with van der Waals surface area (Å²) in [6, 6.07) is 13.4. The van der Waals surface area contributed by atoms with Crippen molar-refractivity contribution in [1.29, 1.82) is 0 Å². The van der Waals surface area contributed by atoms with E-state index in [1.807, 2.05) is 56.3 Å². The molecule has 138 valence electrons. The van der Waals surface area contributed by atoms with Gasteiger partial charge < -0.3 is 15.6 Å². The van der Waals surface area contributed by atoms with Gasteiger partial charge in [-0.15, -0.1) is 0 Å². The lowest BCUT2D eigenvalue weighted by molar-refractivity contribution is -0.133. The van der Waals surface area contributed by atoms with Crippen molar-refractivity contribution in [2.45, 2.75) is 32.6 Å². The molecule has 2 aromatic carbocycles. The fourth-order valence-electron chi connectivity index (χ4n) is 4.21. The fraction of sp³-hybridized carbons (Fsp3) is 0.273. The van der Waals surface area contributed by atoms with Crippen LogP contribution in [0.15, 0.2) is 65.3 Å². The predicted octanol–water partition coefficient (Wildman–Crippen LogP) is 3.85. The largest absolute Gasteiger partial charge is 0.478 e. The number of allylic oxidation sites excluding steroid dienone is 2. The Bertz CT molecular complexity index is 1040. The molecule has 27 heavy (non-hydrogen) atoms. The number of carbonyl (C=O) groups excluding carboxylic acids is 1. The quantitative estimate of drug-likeness (QED) is 0.846. The number of carbonyl (C=O) groups is 2. The van der Waals surface area contributed by atoms with E-state index in [9.17, 15) is 14.7 Å². The molecule has 0 radical (unpaired) electrons. The van der Waals surface area contributed by atoms with E-state index in [-0.39, 0.29) is 22.7 Å². The molecule has 1 unspecified atom stereocenters. The number of Topliss-reactive ketones (excluding diaryl/α,β-unsaturated/α-hetero) is 1. The molecule has 1 aliphatic heterocycles. The van der Waals surface area contributed by atoms with Crippen LogP contribution in [0.1, 0.15) is 38.2 Å². The maximum absolute atomic E-state index is 13.0. The Morgan fingerprint density at radius 1 is 1.15 bits per heavy atom. The molecule has 2 aromatic rings. The SMILES string of the molecule is CC1(C)CC(=O)C2=C(C1)OC(N)=C(C(=O)O)C2c1cccc2ccccc12. The summed E-state index contributed by atoms with van der Waals surface area (Å²) in [7, 11) is 0. The second kappa shape index (κ2) is 5.98. The van der Waals surface area contributed by atoms with Crippen molar-refractivity contribution in [3.05, 3.63) is 70.8 Å². The Balaban J connectivity index is 2.01. The number of hydrogen-bond acceptors (Lipinski definition) is 4. The predicted molar refractivity (Wildman–Crippen MR) is 102 cm³/mol. The van der Waals surface area contributed by atoms with Gasteiger partial charge in [0, 0.05) is 18.4 Å². The molecule has 4 rings (SSSR count). The molecular weight excluding hydrogens is 342 g/mol. The molecule has 1 heterocycles. The molecular formula is C22H21NO4. The third-order valence-electron chi connectivity index (χ3n) is 5.32. The normalized spacial score (nSPS) is 21.9. The number of ketones is 1. The van der Waals surface area contributed by atoms with Crippen LogP contribution in [0.3, 0.4) is 0 Å². The van der Waals surface area contributed by atoms with E-state index >= 15 is 0 Å². The summed E-state index contributed by atoms with van der Waals surface area (Å²) in [4.78, 5) is 25.1. The topological polar surface area (TPSA) is 89.6 Å². The first kappa shape index (κ1) is 17.3. The molecule has 0 aromatic heterocycles. The second-order valence-corrected chi connectivity index (χ2v) is 7.96. The van der Waals surface area contributed by atoms with Gasteiger partial charge in [-0.3, -0.25) is 4.79 Å². The monoisotopic (exact) mass is 363 g/mol. The number of hydrogen-bond donors (Lipinski definition) is 2. The van der Waals surface area contributed by atoms with Crippen LogP contribution < -0.4 is 5.73 Å². The summed E-state index contributed by atoms with van der Waals surface area (Å²) in [5.41, 5.74) is 6.89. The zero-order valence-electron chi connectivity index (χ0n) is 15.3. The van der Waals surface area contributed by atoms with E-state index in [1.54, 1.807) is 0 Å². The number of ether oxygens (including phenoxy) is 1. The third-order valence-corrected chi connectivity index (χ3v) is 5.32. The molecule has 0 saturated carbocycles. The van der Waals surface area contributed by atoms with Crippen molar-refractivity contribution in [2.24, 2.45) is 11.1 Å². The van der Waals surface area contributed by atoms with Crippen molar-refractivity contribution in [2.75, 3.05) is 0 Å². The van der Waals surface area contributed by atoms with Gasteiger partial charge in [-0.25, -0.2) is 4.79 Å². The van der Waals surface area contributed by atoms with Crippen LogP contribution in [0.25, 0.3) is 10.8 Å². The van der Waals surface area contributed by atoms with E-state index in [0.29, 0.717) is 24.2 Å². The van der Waals surface area contributed by atoms with Gasteiger partial charge in [-0.1, -0.05) is 56.3 Å². The maximum atomic E-state index is 13.0. The zero-order valence-corrected chi connectivity index (χ0v) is 15.3. The van der Waals surface area contributed by atoms with Crippen LogP contribution in [-0.4, -0.2) is 16.9 Å². The van der Waals surface area contributed by atoms with E-state index in [1.165, 1.54) is 0 Å². The van der Waals surface area contributed by atoms with Crippen molar-refractivity contribution < 1.29 is 19.4 Å². The number of benzene rings is 2. The lowest BCUT2D eigenvalue weighted by Gasteiger charge is -2.37. The first-order chi connectivity index (χ1) is 12.8. The summed E-state index contributed by atoms with van der Waals surface area (Å²) < 4.78 is 5.67. The second-order valence-electron chi connectivity index (χ2n) is 7.96. The van der Waals surface area contributed by atoms with Gasteiger partial charge >= 0.3 is 5.97 Å². The Kier molecular flexibility index (Phi) is 3.84. The van der Waals surface area contributed by atoms with E-state index in [0.717, 1.165) is 16.3 Å². The summed E-state index contributed by atoms with van der Waals surface area (Å²) in [6.45, 7) is 4.00. The van der Waals surface area contributed by atoms with Crippen LogP contribution >= 0.6 is 0 Å². The molecule has 1 atom stereocenters. The van der Waals surface area contributed by atoms with E-state index < -0.39 is 11.9 Å². The van der Waals surface area contributed by atoms with Gasteiger partial charge in [-0.2, -0.15) is 0 Å². The molecule has 0 amide bonds. The average molecular weight is 363 g/mol. The molecule has 0 fully saturated rings. The molecule has 0 saturated heterocycles. The highest BCUT2D eigenvalue weighted by molar-refractivity contribution is 6.04. The van der Waals surface area contributed by atoms with Gasteiger partial charge in [0.2, 0.25) is 5.88 Å². The highest BCUT2D eigenvalue weighted by Gasteiger charge is 2.44. The standard InChI is InChI=1S/C22H21NO4/c1-22(2)10-15(24)18-16(11-22)27-20(23)19(21(25)26)17(18)14-9-5-7-12-6-3-4-8-13(12)14/h3-9,17H,10-11,23H2,1-2H3,(H,25,26). The maximum Gasteiger partial charge on any atom is 0.337 e. The van der Waals surface area contributed by atoms with Crippen molar-refractivity contribution in [1.82, 2.24) is 0 Å². The highest BCUT2D eigenvalue weighted by Crippen LogP contribution is 2.49. The van der Waals surface area contributed by atoms with Gasteiger partial charge in [0.15, 0.2) is 5.78 Å². The van der Waals surface area contributed by atoms with Crippen molar-refractivity contribution in [3.8, 4) is 0 Å². The highest BCUT2D eigenvalue weighted by atomic mass is 16.5. The number of carboxylic acids is 1. The Hall–Kier alpha value is -3.08. The summed E-state index contributed by atoms with van der Waals surface area (Å²) in [5.74, 6) is -1.62. The Labute approximate surface area is 157 Å². The smallest absolute Gasteiger partial charge is 0.337 e. The van der Waals surface area contributed by atoms with E-state index in [2.05, 4.69) is 0 Å². The minimum atomic E-state index is -1.17. The zero-order chi connectivity index (χ0) is 19.3. The van der Waals surface area contributed by atoms with Gasteiger partial charge in [0.1, 0.15) is 11.3 Å². The lowest BCUT2D eigenvalue weighted by atomic mass is 9.69. The first-order valence-electron chi connectivity index (χ1n) is 8.93. The minimum Gasteiger partial charge on any atom is -0.478 e. The van der Waals surface area contributed by atoms with Crippen LogP contribution in [0.4, 0.5) is 0 Å². The molecule has 3 N–H and O–H groups in total. The molecule has 5 heteroatoms. The summed E-state index contributed by atoms with van der Waals surface area (Å²) in [6.07, 6.45) is 0.895. The molecule has 0 spiro atoms. The summed E-state index contributed by atoms with van der Waals surface area (Å²) >= 11 is 0. The molecule has 5 nitrogen and oxygen atoms in total. The fourth-order valence-corrected chi connectivity index (χ4v) is 4.21.